The molecule has 3 N–H and O–H groups in total. The second-order valence-corrected chi connectivity index (χ2v) is 5.08. The number of ether oxygens (including phenoxy) is 1. The van der Waals surface area contributed by atoms with E-state index in [1.807, 2.05) is 44.2 Å². The van der Waals surface area contributed by atoms with Crippen molar-refractivity contribution in [3.8, 4) is 0 Å². The van der Waals surface area contributed by atoms with Gasteiger partial charge in [-0.15, -0.1) is 0 Å². The molecule has 0 aliphatic heterocycles. The van der Waals surface area contributed by atoms with Crippen LogP contribution in [0.15, 0.2) is 54.6 Å². The lowest BCUT2D eigenvalue weighted by Gasteiger charge is -2.12. The van der Waals surface area contributed by atoms with Gasteiger partial charge < -0.3 is 15.8 Å². The fourth-order valence-electron chi connectivity index (χ4n) is 2.10. The van der Waals surface area contributed by atoms with Crippen molar-refractivity contribution in [3.05, 3.63) is 65.7 Å². The maximum absolute atomic E-state index is 12.1. The molecule has 0 aromatic heterocycles. The lowest BCUT2D eigenvalue weighted by molar-refractivity contribution is -0.117. The molecule has 2 aromatic carbocycles. The van der Waals surface area contributed by atoms with Gasteiger partial charge in [0.05, 0.1) is 18.2 Å². The Labute approximate surface area is 149 Å². The van der Waals surface area contributed by atoms with Crippen molar-refractivity contribution < 1.29 is 14.3 Å². The average Bonchev–Trinajstić information content (AvgIpc) is 2.65. The Hall–Kier alpha value is -2.66. The molecule has 0 unspecified atom stereocenters. The van der Waals surface area contributed by atoms with Crippen molar-refractivity contribution >= 4 is 17.6 Å². The molecule has 0 bridgehead atoms. The van der Waals surface area contributed by atoms with E-state index in [1.165, 1.54) is 0 Å². The van der Waals surface area contributed by atoms with Gasteiger partial charge in [0.25, 0.3) is 0 Å². The van der Waals surface area contributed by atoms with Gasteiger partial charge in [0, 0.05) is 5.69 Å². The van der Waals surface area contributed by atoms with Crippen LogP contribution >= 0.6 is 0 Å². The zero-order valence-electron chi connectivity index (χ0n) is 15.0. The second-order valence-electron chi connectivity index (χ2n) is 5.08. The van der Waals surface area contributed by atoms with Crippen LogP contribution in [-0.4, -0.2) is 24.5 Å². The molecular weight excluding hydrogens is 316 g/mol. The highest BCUT2D eigenvalue weighted by atomic mass is 16.5. The number of amides is 1. The van der Waals surface area contributed by atoms with E-state index in [2.05, 4.69) is 5.32 Å². The van der Waals surface area contributed by atoms with E-state index in [0.717, 1.165) is 5.56 Å². The molecule has 2 aromatic rings. The summed E-state index contributed by atoms with van der Waals surface area (Å²) in [4.78, 5) is 23.7. The van der Waals surface area contributed by atoms with Crippen molar-refractivity contribution in [1.29, 1.82) is 0 Å². The summed E-state index contributed by atoms with van der Waals surface area (Å²) in [6, 6.07) is 15.5. The summed E-state index contributed by atoms with van der Waals surface area (Å²) in [7, 11) is 0. The van der Waals surface area contributed by atoms with Gasteiger partial charge in [-0.25, -0.2) is 4.79 Å². The molecule has 0 aliphatic rings. The largest absolute Gasteiger partial charge is 0.462 e. The van der Waals surface area contributed by atoms with Gasteiger partial charge in [0.1, 0.15) is 0 Å². The molecule has 0 aliphatic carbocycles. The third kappa shape index (κ3) is 6.77. The van der Waals surface area contributed by atoms with Crippen LogP contribution in [0.25, 0.3) is 0 Å². The third-order valence-electron chi connectivity index (χ3n) is 3.30. The average molecular weight is 342 g/mol. The normalized spacial score (nSPS) is 10.9. The lowest BCUT2D eigenvalue weighted by atomic mass is 10.1. The monoisotopic (exact) mass is 342 g/mol. The second kappa shape index (κ2) is 11.0. The molecule has 25 heavy (non-hydrogen) atoms. The lowest BCUT2D eigenvalue weighted by Crippen LogP contribution is -2.37. The van der Waals surface area contributed by atoms with Gasteiger partial charge in [0.2, 0.25) is 5.91 Å². The van der Waals surface area contributed by atoms with Crippen molar-refractivity contribution in [1.82, 2.24) is 0 Å². The Bertz CT molecular complexity index is 654. The first kappa shape index (κ1) is 20.4. The minimum atomic E-state index is -0.637. The highest BCUT2D eigenvalue weighted by molar-refractivity contribution is 5.95. The summed E-state index contributed by atoms with van der Waals surface area (Å²) in [5, 5.41) is 2.74. The number of carbonyl (C=O) groups excluding carboxylic acids is 2. The Balaban J connectivity index is 0.00000151. The molecule has 134 valence electrons. The van der Waals surface area contributed by atoms with Gasteiger partial charge in [0.15, 0.2) is 0 Å². The van der Waals surface area contributed by atoms with Gasteiger partial charge in [-0.1, -0.05) is 44.2 Å². The first-order valence-corrected chi connectivity index (χ1v) is 8.47. The summed E-state index contributed by atoms with van der Waals surface area (Å²) in [5.41, 5.74) is 7.97. The molecule has 2 rings (SSSR count). The summed E-state index contributed by atoms with van der Waals surface area (Å²) >= 11 is 0. The molecule has 5 heteroatoms. The number of esters is 1. The van der Waals surface area contributed by atoms with Crippen molar-refractivity contribution in [2.24, 2.45) is 5.73 Å². The maximum atomic E-state index is 12.1. The molecule has 1 atom stereocenters. The molecule has 0 saturated heterocycles. The smallest absolute Gasteiger partial charge is 0.338 e. The zero-order chi connectivity index (χ0) is 18.7. The number of nitrogens with one attached hydrogen (secondary N) is 1. The highest BCUT2D eigenvalue weighted by Gasteiger charge is 2.14. The Morgan fingerprint density at radius 3 is 2.20 bits per heavy atom. The Morgan fingerprint density at radius 2 is 1.64 bits per heavy atom. The Morgan fingerprint density at radius 1 is 1.04 bits per heavy atom. The third-order valence-corrected chi connectivity index (χ3v) is 3.30. The van der Waals surface area contributed by atoms with E-state index >= 15 is 0 Å². The van der Waals surface area contributed by atoms with Crippen LogP contribution in [-0.2, 0) is 16.0 Å². The minimum absolute atomic E-state index is 0.266. The van der Waals surface area contributed by atoms with Gasteiger partial charge in [-0.2, -0.15) is 0 Å². The first-order valence-electron chi connectivity index (χ1n) is 8.47. The number of rotatable bonds is 6. The SMILES string of the molecule is CC.CCOC(=O)c1ccc(NC(=O)[C@@H](N)Cc2ccccc2)cc1. The summed E-state index contributed by atoms with van der Waals surface area (Å²) in [5.74, 6) is -0.649. The molecule has 1 amide bonds. The first-order chi connectivity index (χ1) is 12.1. The number of hydrogen-bond acceptors (Lipinski definition) is 4. The van der Waals surface area contributed by atoms with E-state index in [9.17, 15) is 9.59 Å². The van der Waals surface area contributed by atoms with Crippen LogP contribution in [0.3, 0.4) is 0 Å². The molecule has 0 fully saturated rings. The van der Waals surface area contributed by atoms with Gasteiger partial charge in [-0.05, 0) is 43.2 Å². The standard InChI is InChI=1S/C18H20N2O3.C2H6/c1-2-23-18(22)14-8-10-15(11-9-14)20-17(21)16(19)12-13-6-4-3-5-7-13;1-2/h3-11,16H,2,12,19H2,1H3,(H,20,21);1-2H3/t16-;/m0./s1. The number of carbonyl (C=O) groups is 2. The van der Waals surface area contributed by atoms with E-state index < -0.39 is 6.04 Å². The van der Waals surface area contributed by atoms with Gasteiger partial charge in [-0.3, -0.25) is 4.79 Å². The van der Waals surface area contributed by atoms with E-state index in [-0.39, 0.29) is 11.9 Å². The molecule has 0 radical (unpaired) electrons. The molecule has 0 heterocycles. The van der Waals surface area contributed by atoms with Crippen LogP contribution < -0.4 is 11.1 Å². The zero-order valence-corrected chi connectivity index (χ0v) is 15.0. The van der Waals surface area contributed by atoms with Crippen molar-refractivity contribution in [2.45, 2.75) is 33.2 Å². The number of nitrogens with two attached hydrogens (primary N) is 1. The van der Waals surface area contributed by atoms with Crippen LogP contribution in [0.4, 0.5) is 5.69 Å². The summed E-state index contributed by atoms with van der Waals surface area (Å²) in [6.07, 6.45) is 0.466. The quantitative estimate of drug-likeness (QED) is 0.788. The fraction of sp³-hybridized carbons (Fsp3) is 0.300. The van der Waals surface area contributed by atoms with Crippen LogP contribution in [0.2, 0.25) is 0 Å². The van der Waals surface area contributed by atoms with Crippen molar-refractivity contribution in [2.75, 3.05) is 11.9 Å². The van der Waals surface area contributed by atoms with E-state index in [4.69, 9.17) is 10.5 Å². The highest BCUT2D eigenvalue weighted by Crippen LogP contribution is 2.11. The minimum Gasteiger partial charge on any atom is -0.462 e. The number of hydrogen-bond donors (Lipinski definition) is 2. The van der Waals surface area contributed by atoms with E-state index in [1.54, 1.807) is 31.2 Å². The van der Waals surface area contributed by atoms with E-state index in [0.29, 0.717) is 24.3 Å². The Kier molecular flexibility index (Phi) is 8.96. The predicted octanol–water partition coefficient (Wildman–Crippen LogP) is 3.40. The molecule has 0 saturated carbocycles. The van der Waals surface area contributed by atoms with Crippen molar-refractivity contribution in [3.63, 3.8) is 0 Å². The molecular formula is C20H26N2O3. The maximum Gasteiger partial charge on any atom is 0.338 e. The number of anilines is 1. The topological polar surface area (TPSA) is 81.4 Å². The fourth-order valence-corrected chi connectivity index (χ4v) is 2.10. The predicted molar refractivity (Wildman–Crippen MR) is 100 cm³/mol. The summed E-state index contributed by atoms with van der Waals surface area (Å²) < 4.78 is 4.91. The van der Waals surface area contributed by atoms with Gasteiger partial charge >= 0.3 is 5.97 Å². The van der Waals surface area contributed by atoms with Crippen LogP contribution in [0.1, 0.15) is 36.7 Å². The van der Waals surface area contributed by atoms with Crippen LogP contribution in [0.5, 0.6) is 0 Å². The van der Waals surface area contributed by atoms with Crippen LogP contribution in [0, 0.1) is 0 Å². The molecule has 0 spiro atoms. The number of benzene rings is 2. The molecule has 5 nitrogen and oxygen atoms in total. The summed E-state index contributed by atoms with van der Waals surface area (Å²) in [6.45, 7) is 6.08.